The van der Waals surface area contributed by atoms with Crippen LogP contribution < -0.4 is 5.73 Å². The number of hydrogen-bond acceptors (Lipinski definition) is 7. The highest BCUT2D eigenvalue weighted by molar-refractivity contribution is 7.32. The fraction of sp³-hybridized carbons (Fsp3) is 0.250. The van der Waals surface area contributed by atoms with Crippen molar-refractivity contribution in [1.29, 1.82) is 0 Å². The van der Waals surface area contributed by atoms with Crippen LogP contribution in [0.5, 0.6) is 0 Å². The van der Waals surface area contributed by atoms with Crippen molar-refractivity contribution in [2.24, 2.45) is 0 Å². The van der Waals surface area contributed by atoms with Crippen molar-refractivity contribution in [3.05, 3.63) is 24.6 Å². The highest BCUT2D eigenvalue weighted by Gasteiger charge is 2.36. The molecule has 0 saturated carbocycles. The molecular formula is C12H11FN5O4P. The number of imidazole rings is 1. The third-order valence-corrected chi connectivity index (χ3v) is 3.60. The molecule has 3 heterocycles. The highest BCUT2D eigenvalue weighted by Crippen LogP contribution is 2.33. The van der Waals surface area contributed by atoms with Gasteiger partial charge in [0.2, 0.25) is 0 Å². The van der Waals surface area contributed by atoms with Gasteiger partial charge in [-0.3, -0.25) is 9.13 Å². The van der Waals surface area contributed by atoms with E-state index in [1.165, 1.54) is 17.0 Å². The Kier molecular flexibility index (Phi) is 3.87. The Bertz CT molecular complexity index is 863. The van der Waals surface area contributed by atoms with E-state index in [0.717, 1.165) is 0 Å². The standard InChI is InChI=1S/C12H11FN5O4P/c1-2-12(5-21-23(19)20)4-3-7(22-12)18-6-15-8-9(14)16-11(13)17-10(8)18/h1,3-4,6-7,23H,5H2,(H,19,20)(H2,14,16,17)/t7-,12+/m1/s1. The zero-order valence-electron chi connectivity index (χ0n) is 11.5. The molecule has 1 aliphatic heterocycles. The first-order valence-electron chi connectivity index (χ1n) is 6.30. The number of nitrogens with zero attached hydrogens (tertiary/aromatic N) is 4. The van der Waals surface area contributed by atoms with Gasteiger partial charge in [-0.15, -0.1) is 6.42 Å². The van der Waals surface area contributed by atoms with Crippen molar-refractivity contribution >= 4 is 25.2 Å². The third kappa shape index (κ3) is 2.83. The summed E-state index contributed by atoms with van der Waals surface area (Å²) in [5, 5.41) is 0. The van der Waals surface area contributed by atoms with Crippen LogP contribution >= 0.6 is 8.25 Å². The van der Waals surface area contributed by atoms with Crippen LogP contribution in [0.25, 0.3) is 11.2 Å². The molecule has 23 heavy (non-hydrogen) atoms. The Morgan fingerprint density at radius 1 is 1.65 bits per heavy atom. The Morgan fingerprint density at radius 3 is 3.13 bits per heavy atom. The van der Waals surface area contributed by atoms with E-state index in [-0.39, 0.29) is 23.6 Å². The SMILES string of the molecule is C#C[C@@]1(CO[PH](=O)O)C=C[C@H](n2cnc3c(N)nc(F)nc32)O1. The quantitative estimate of drug-likeness (QED) is 0.355. The lowest BCUT2D eigenvalue weighted by Crippen LogP contribution is -2.31. The molecule has 3 N–H and O–H groups in total. The summed E-state index contributed by atoms with van der Waals surface area (Å²) in [6.07, 6.45) is 8.11. The summed E-state index contributed by atoms with van der Waals surface area (Å²) in [6, 6.07) is 0. The molecule has 2 aromatic heterocycles. The average molecular weight is 339 g/mol. The minimum Gasteiger partial charge on any atom is -0.382 e. The number of ether oxygens (including phenoxy) is 1. The molecule has 0 bridgehead atoms. The van der Waals surface area contributed by atoms with Crippen LogP contribution in [-0.4, -0.2) is 36.6 Å². The fourth-order valence-corrected chi connectivity index (χ4v) is 2.49. The van der Waals surface area contributed by atoms with E-state index in [2.05, 4.69) is 25.4 Å². The predicted octanol–water partition coefficient (Wildman–Crippen LogP) is 0.403. The zero-order chi connectivity index (χ0) is 16.6. The molecule has 1 unspecified atom stereocenters. The second-order valence-corrected chi connectivity index (χ2v) is 5.48. The number of halogens is 1. The maximum atomic E-state index is 13.4. The summed E-state index contributed by atoms with van der Waals surface area (Å²) < 4.78 is 35.8. The maximum absolute atomic E-state index is 13.4. The van der Waals surface area contributed by atoms with Crippen molar-refractivity contribution in [2.45, 2.75) is 11.8 Å². The van der Waals surface area contributed by atoms with E-state index in [9.17, 15) is 8.96 Å². The molecule has 9 nitrogen and oxygen atoms in total. The van der Waals surface area contributed by atoms with Crippen molar-refractivity contribution in [1.82, 2.24) is 19.5 Å². The number of hydrogen-bond donors (Lipinski definition) is 2. The Balaban J connectivity index is 1.92. The first-order chi connectivity index (χ1) is 10.9. The summed E-state index contributed by atoms with van der Waals surface area (Å²) in [7, 11) is -3.15. The average Bonchev–Trinajstić information content (AvgIpc) is 3.09. The van der Waals surface area contributed by atoms with Crippen LogP contribution in [0, 0.1) is 18.4 Å². The van der Waals surface area contributed by atoms with Crippen molar-refractivity contribution in [3.63, 3.8) is 0 Å². The van der Waals surface area contributed by atoms with E-state index in [1.807, 2.05) is 0 Å². The molecule has 0 amide bonds. The van der Waals surface area contributed by atoms with Gasteiger partial charge in [-0.1, -0.05) is 5.92 Å². The Hall–Kier alpha value is -2.31. The maximum Gasteiger partial charge on any atom is 0.316 e. The van der Waals surface area contributed by atoms with Gasteiger partial charge in [0.1, 0.15) is 6.61 Å². The first-order valence-corrected chi connectivity index (χ1v) is 7.57. The molecular weight excluding hydrogens is 328 g/mol. The number of terminal acetylenes is 1. The summed E-state index contributed by atoms with van der Waals surface area (Å²) >= 11 is 0. The largest absolute Gasteiger partial charge is 0.382 e. The topological polar surface area (TPSA) is 125 Å². The molecule has 11 heteroatoms. The smallest absolute Gasteiger partial charge is 0.316 e. The van der Waals surface area contributed by atoms with E-state index in [4.69, 9.17) is 21.8 Å². The van der Waals surface area contributed by atoms with Gasteiger partial charge < -0.3 is 19.9 Å². The van der Waals surface area contributed by atoms with Gasteiger partial charge in [-0.25, -0.2) is 4.98 Å². The third-order valence-electron chi connectivity index (χ3n) is 3.21. The zero-order valence-corrected chi connectivity index (χ0v) is 12.5. The summed E-state index contributed by atoms with van der Waals surface area (Å²) in [4.78, 5) is 19.8. The summed E-state index contributed by atoms with van der Waals surface area (Å²) in [5.74, 6) is 2.26. The van der Waals surface area contributed by atoms with Gasteiger partial charge in [-0.2, -0.15) is 14.4 Å². The normalized spacial score (nSPS) is 24.8. The van der Waals surface area contributed by atoms with E-state index in [0.29, 0.717) is 0 Å². The van der Waals surface area contributed by atoms with Crippen LogP contribution in [0.15, 0.2) is 18.5 Å². The molecule has 3 rings (SSSR count). The number of rotatable bonds is 4. The summed E-state index contributed by atoms with van der Waals surface area (Å²) in [5.41, 5.74) is 4.63. The number of nitrogen functional groups attached to an aromatic ring is 1. The molecule has 0 aliphatic carbocycles. The van der Waals surface area contributed by atoms with E-state index < -0.39 is 26.2 Å². The van der Waals surface area contributed by atoms with Gasteiger partial charge in [-0.05, 0) is 12.2 Å². The molecule has 3 atom stereocenters. The lowest BCUT2D eigenvalue weighted by molar-refractivity contribution is -0.0421. The second-order valence-electron chi connectivity index (χ2n) is 4.66. The second kappa shape index (κ2) is 5.72. The molecule has 0 fully saturated rings. The van der Waals surface area contributed by atoms with Crippen LogP contribution in [0.3, 0.4) is 0 Å². The van der Waals surface area contributed by atoms with Gasteiger partial charge in [0.05, 0.1) is 6.33 Å². The first kappa shape index (κ1) is 15.6. The van der Waals surface area contributed by atoms with Crippen LogP contribution in [0.4, 0.5) is 10.2 Å². The molecule has 0 spiro atoms. The van der Waals surface area contributed by atoms with Gasteiger partial charge >= 0.3 is 14.3 Å². The van der Waals surface area contributed by atoms with E-state index >= 15 is 0 Å². The molecule has 0 radical (unpaired) electrons. The number of nitrogens with two attached hydrogens (primary N) is 1. The molecule has 0 aromatic carbocycles. The van der Waals surface area contributed by atoms with Crippen LogP contribution in [-0.2, 0) is 13.8 Å². The monoisotopic (exact) mass is 339 g/mol. The molecule has 2 aromatic rings. The van der Waals surface area contributed by atoms with Gasteiger partial charge in [0.15, 0.2) is 28.8 Å². The van der Waals surface area contributed by atoms with Gasteiger partial charge in [0, 0.05) is 0 Å². The molecule has 120 valence electrons. The van der Waals surface area contributed by atoms with Crippen molar-refractivity contribution in [3.8, 4) is 12.3 Å². The Morgan fingerprint density at radius 2 is 2.43 bits per heavy atom. The number of anilines is 1. The van der Waals surface area contributed by atoms with Crippen LogP contribution in [0.1, 0.15) is 6.23 Å². The molecule has 0 saturated heterocycles. The number of fused-ring (bicyclic) bond motifs is 1. The molecule has 1 aliphatic rings. The fourth-order valence-electron chi connectivity index (χ4n) is 2.15. The van der Waals surface area contributed by atoms with Crippen molar-refractivity contribution in [2.75, 3.05) is 12.3 Å². The predicted molar refractivity (Wildman–Crippen MR) is 77.7 cm³/mol. The van der Waals surface area contributed by atoms with Crippen LogP contribution in [0.2, 0.25) is 0 Å². The lowest BCUT2D eigenvalue weighted by atomic mass is 10.1. The minimum absolute atomic E-state index is 0.0985. The minimum atomic E-state index is -3.15. The van der Waals surface area contributed by atoms with Gasteiger partial charge in [0.25, 0.3) is 0 Å². The lowest BCUT2D eigenvalue weighted by Gasteiger charge is -2.23. The summed E-state index contributed by atoms with van der Waals surface area (Å²) in [6.45, 7) is -0.303. The number of aromatic nitrogens is 4. The highest BCUT2D eigenvalue weighted by atomic mass is 31.1. The Labute approximate surface area is 129 Å². The van der Waals surface area contributed by atoms with Crippen molar-refractivity contribution < 1.29 is 23.1 Å². The van der Waals surface area contributed by atoms with E-state index in [1.54, 1.807) is 6.08 Å².